The van der Waals surface area contributed by atoms with Crippen LogP contribution >= 0.6 is 23.4 Å². The summed E-state index contributed by atoms with van der Waals surface area (Å²) in [7, 11) is 4.07. The molecule has 0 aromatic carbocycles. The Morgan fingerprint density at radius 1 is 1.50 bits per heavy atom. The van der Waals surface area contributed by atoms with Gasteiger partial charge in [-0.1, -0.05) is 11.6 Å². The molecular weight excluding hydrogens is 270 g/mol. The van der Waals surface area contributed by atoms with E-state index in [2.05, 4.69) is 32.1 Å². The van der Waals surface area contributed by atoms with Gasteiger partial charge in [0.15, 0.2) is 0 Å². The number of hydrogen-bond acceptors (Lipinski definition) is 6. The van der Waals surface area contributed by atoms with Crippen LogP contribution in [0.25, 0.3) is 0 Å². The van der Waals surface area contributed by atoms with Gasteiger partial charge in [0.05, 0.1) is 11.1 Å². The minimum absolute atomic E-state index is 0.222. The monoisotopic (exact) mass is 287 g/mol. The largest absolute Gasteiger partial charge is 0.323 e. The fourth-order valence-electron chi connectivity index (χ4n) is 2.02. The van der Waals surface area contributed by atoms with Gasteiger partial charge in [0.1, 0.15) is 5.15 Å². The van der Waals surface area contributed by atoms with Crippen LogP contribution in [0.4, 0.5) is 5.95 Å². The van der Waals surface area contributed by atoms with E-state index in [9.17, 15) is 0 Å². The number of aromatic nitrogens is 2. The molecule has 1 aliphatic rings. The summed E-state index contributed by atoms with van der Waals surface area (Å²) < 4.78 is 0. The molecule has 0 spiro atoms. The van der Waals surface area contributed by atoms with E-state index in [1.54, 1.807) is 18.0 Å². The highest BCUT2D eigenvalue weighted by Gasteiger charge is 2.26. The molecule has 2 heterocycles. The molecule has 0 amide bonds. The van der Waals surface area contributed by atoms with E-state index in [1.807, 2.05) is 13.3 Å². The Morgan fingerprint density at radius 2 is 2.28 bits per heavy atom. The van der Waals surface area contributed by atoms with Gasteiger partial charge in [-0.25, -0.2) is 4.98 Å². The molecule has 1 aliphatic heterocycles. The minimum atomic E-state index is 0.222. The third kappa shape index (κ3) is 2.88. The first-order chi connectivity index (χ1) is 8.65. The van der Waals surface area contributed by atoms with Crippen molar-refractivity contribution in [2.45, 2.75) is 11.1 Å². The van der Waals surface area contributed by atoms with E-state index in [0.29, 0.717) is 11.1 Å². The molecule has 7 heteroatoms. The molecular formula is C11H18ClN5S. The fraction of sp³-hybridized carbons (Fsp3) is 0.636. The molecule has 1 aromatic rings. The topological polar surface area (TPSA) is 44.3 Å². The van der Waals surface area contributed by atoms with E-state index in [0.717, 1.165) is 24.5 Å². The molecule has 100 valence electrons. The van der Waals surface area contributed by atoms with Crippen molar-refractivity contribution in [2.24, 2.45) is 0 Å². The average Bonchev–Trinajstić information content (AvgIpc) is 2.38. The summed E-state index contributed by atoms with van der Waals surface area (Å²) in [5.41, 5.74) is 0. The maximum absolute atomic E-state index is 6.14. The van der Waals surface area contributed by atoms with Crippen LogP contribution in [0.2, 0.25) is 5.15 Å². The van der Waals surface area contributed by atoms with Crippen LogP contribution in [0.1, 0.15) is 0 Å². The molecule has 0 aliphatic carbocycles. The predicted molar refractivity (Wildman–Crippen MR) is 76.5 cm³/mol. The normalized spacial score (nSPS) is 21.3. The number of nitrogens with one attached hydrogen (secondary N) is 1. The van der Waals surface area contributed by atoms with Gasteiger partial charge in [-0.05, 0) is 20.4 Å². The standard InChI is InChI=1S/C11H18ClN5S/c1-13-9-7-16(2)4-5-17(9)11-14-6-8(18-3)10(12)15-11/h6,9,13H,4-5,7H2,1-3H3. The zero-order chi connectivity index (χ0) is 13.1. The van der Waals surface area contributed by atoms with Gasteiger partial charge in [-0.15, -0.1) is 11.8 Å². The molecule has 0 saturated carbocycles. The zero-order valence-corrected chi connectivity index (χ0v) is 12.4. The molecule has 1 N–H and O–H groups in total. The molecule has 1 fully saturated rings. The molecule has 0 bridgehead atoms. The number of likely N-dealkylation sites (N-methyl/N-ethyl adjacent to an activating group) is 2. The van der Waals surface area contributed by atoms with Crippen molar-refractivity contribution < 1.29 is 0 Å². The van der Waals surface area contributed by atoms with Crippen LogP contribution in [-0.4, -0.2) is 61.0 Å². The first kappa shape index (κ1) is 13.9. The summed E-state index contributed by atoms with van der Waals surface area (Å²) in [5, 5.41) is 3.82. The Morgan fingerprint density at radius 3 is 2.89 bits per heavy atom. The van der Waals surface area contributed by atoms with Crippen molar-refractivity contribution in [3.63, 3.8) is 0 Å². The van der Waals surface area contributed by atoms with Gasteiger partial charge in [0, 0.05) is 25.8 Å². The average molecular weight is 288 g/mol. The van der Waals surface area contributed by atoms with Crippen LogP contribution < -0.4 is 10.2 Å². The number of nitrogens with zero attached hydrogens (tertiary/aromatic N) is 4. The molecule has 2 rings (SSSR count). The van der Waals surface area contributed by atoms with Crippen molar-refractivity contribution >= 4 is 29.3 Å². The Hall–Kier alpha value is -0.560. The molecule has 0 radical (unpaired) electrons. The lowest BCUT2D eigenvalue weighted by molar-refractivity contribution is 0.249. The third-order valence-electron chi connectivity index (χ3n) is 3.09. The van der Waals surface area contributed by atoms with E-state index >= 15 is 0 Å². The van der Waals surface area contributed by atoms with Gasteiger partial charge >= 0.3 is 0 Å². The van der Waals surface area contributed by atoms with Crippen LogP contribution in [0, 0.1) is 0 Å². The maximum Gasteiger partial charge on any atom is 0.228 e. The Bertz CT molecular complexity index is 416. The summed E-state index contributed by atoms with van der Waals surface area (Å²) in [4.78, 5) is 14.2. The van der Waals surface area contributed by atoms with Gasteiger partial charge in [-0.2, -0.15) is 4.98 Å². The van der Waals surface area contributed by atoms with Gasteiger partial charge < -0.3 is 9.80 Å². The number of thioether (sulfide) groups is 1. The first-order valence-electron chi connectivity index (χ1n) is 5.84. The summed E-state index contributed by atoms with van der Waals surface area (Å²) in [6.07, 6.45) is 3.98. The summed E-state index contributed by atoms with van der Waals surface area (Å²) in [5.74, 6) is 0.699. The summed E-state index contributed by atoms with van der Waals surface area (Å²) in [6.45, 7) is 2.85. The van der Waals surface area contributed by atoms with Crippen LogP contribution in [0.3, 0.4) is 0 Å². The maximum atomic E-state index is 6.14. The van der Waals surface area contributed by atoms with E-state index in [4.69, 9.17) is 11.6 Å². The summed E-state index contributed by atoms with van der Waals surface area (Å²) in [6, 6.07) is 0. The van der Waals surface area contributed by atoms with Gasteiger partial charge in [0.25, 0.3) is 0 Å². The van der Waals surface area contributed by atoms with E-state index in [1.165, 1.54) is 0 Å². The van der Waals surface area contributed by atoms with E-state index in [-0.39, 0.29) is 6.17 Å². The van der Waals surface area contributed by atoms with Crippen molar-refractivity contribution in [3.05, 3.63) is 11.3 Å². The lowest BCUT2D eigenvalue weighted by Crippen LogP contribution is -2.58. The predicted octanol–water partition coefficient (Wildman–Crippen LogP) is 1.15. The minimum Gasteiger partial charge on any atom is -0.323 e. The van der Waals surface area contributed by atoms with Gasteiger partial charge in [0.2, 0.25) is 5.95 Å². The number of hydrogen-bond donors (Lipinski definition) is 1. The SMILES string of the molecule is CNC1CN(C)CCN1c1ncc(SC)c(Cl)n1. The van der Waals surface area contributed by atoms with Crippen molar-refractivity contribution in [1.82, 2.24) is 20.2 Å². The quantitative estimate of drug-likeness (QED) is 0.665. The third-order valence-corrected chi connectivity index (χ3v) is 4.23. The highest BCUT2D eigenvalue weighted by Crippen LogP contribution is 2.25. The molecule has 1 saturated heterocycles. The van der Waals surface area contributed by atoms with Crippen LogP contribution in [0.5, 0.6) is 0 Å². The second-order valence-corrected chi connectivity index (χ2v) is 5.50. The van der Waals surface area contributed by atoms with Crippen molar-refractivity contribution in [3.8, 4) is 0 Å². The van der Waals surface area contributed by atoms with Crippen LogP contribution in [0.15, 0.2) is 11.1 Å². The number of halogens is 1. The van der Waals surface area contributed by atoms with Crippen molar-refractivity contribution in [1.29, 1.82) is 0 Å². The second-order valence-electron chi connectivity index (χ2n) is 4.29. The van der Waals surface area contributed by atoms with E-state index < -0.39 is 0 Å². The molecule has 1 aromatic heterocycles. The number of piperazine rings is 1. The molecule has 5 nitrogen and oxygen atoms in total. The highest BCUT2D eigenvalue weighted by atomic mass is 35.5. The number of rotatable bonds is 3. The summed E-state index contributed by atoms with van der Waals surface area (Å²) >= 11 is 7.70. The fourth-order valence-corrected chi connectivity index (χ4v) is 2.75. The van der Waals surface area contributed by atoms with Gasteiger partial charge in [-0.3, -0.25) is 5.32 Å². The molecule has 18 heavy (non-hydrogen) atoms. The Kier molecular flexibility index (Phi) is 4.66. The molecule has 1 atom stereocenters. The Labute approximate surface area is 117 Å². The molecule has 1 unspecified atom stereocenters. The number of anilines is 1. The first-order valence-corrected chi connectivity index (χ1v) is 7.45. The van der Waals surface area contributed by atoms with Crippen LogP contribution in [-0.2, 0) is 0 Å². The second kappa shape index (κ2) is 6.06. The lowest BCUT2D eigenvalue weighted by atomic mass is 10.3. The smallest absolute Gasteiger partial charge is 0.228 e. The van der Waals surface area contributed by atoms with Crippen molar-refractivity contribution in [2.75, 3.05) is 44.9 Å². The zero-order valence-electron chi connectivity index (χ0n) is 10.9. The Balaban J connectivity index is 2.21. The highest BCUT2D eigenvalue weighted by molar-refractivity contribution is 7.98. The lowest BCUT2D eigenvalue weighted by Gasteiger charge is -2.39.